The van der Waals surface area contributed by atoms with Crippen LogP contribution < -0.4 is 0 Å². The summed E-state index contributed by atoms with van der Waals surface area (Å²) in [5.74, 6) is 0.324. The molecule has 1 aromatic heterocycles. The molecule has 35 heavy (non-hydrogen) atoms. The van der Waals surface area contributed by atoms with Gasteiger partial charge in [0.05, 0.1) is 26.0 Å². The van der Waals surface area contributed by atoms with Crippen LogP contribution in [-0.2, 0) is 22.6 Å². The van der Waals surface area contributed by atoms with Gasteiger partial charge in [0.15, 0.2) is 0 Å². The lowest BCUT2D eigenvalue weighted by Crippen LogP contribution is -2.47. The van der Waals surface area contributed by atoms with Gasteiger partial charge in [-0.3, -0.25) is 14.5 Å². The van der Waals surface area contributed by atoms with E-state index >= 15 is 0 Å². The molecule has 0 aliphatic carbocycles. The van der Waals surface area contributed by atoms with Gasteiger partial charge in [-0.05, 0) is 35.9 Å². The van der Waals surface area contributed by atoms with Crippen molar-refractivity contribution in [2.24, 2.45) is 0 Å². The van der Waals surface area contributed by atoms with E-state index in [0.717, 1.165) is 18.7 Å². The molecule has 0 atom stereocenters. The Morgan fingerprint density at radius 2 is 1.71 bits per heavy atom. The van der Waals surface area contributed by atoms with Crippen LogP contribution in [0.2, 0.25) is 5.02 Å². The lowest BCUT2D eigenvalue weighted by Gasteiger charge is -2.31. The van der Waals surface area contributed by atoms with Crippen LogP contribution in [0.1, 0.15) is 21.7 Å². The van der Waals surface area contributed by atoms with Gasteiger partial charge in [0, 0.05) is 43.3 Å². The molecule has 2 amide bonds. The summed E-state index contributed by atoms with van der Waals surface area (Å²) in [5, 5.41) is 0.485. The Morgan fingerprint density at radius 3 is 2.43 bits per heavy atom. The molecule has 7 nitrogen and oxygen atoms in total. The van der Waals surface area contributed by atoms with Crippen LogP contribution in [0, 0.1) is 0 Å². The van der Waals surface area contributed by atoms with Crippen molar-refractivity contribution in [1.82, 2.24) is 14.7 Å². The summed E-state index contributed by atoms with van der Waals surface area (Å²) in [6.45, 7) is 4.77. The minimum Gasteiger partial charge on any atom is -0.467 e. The number of hydrogen-bond donors (Lipinski definition) is 0. The zero-order valence-electron chi connectivity index (χ0n) is 19.6. The molecule has 2 aromatic carbocycles. The summed E-state index contributed by atoms with van der Waals surface area (Å²) in [6.07, 6.45) is 1.60. The third kappa shape index (κ3) is 7.42. The number of nitrogens with zero attached hydrogens (tertiary/aromatic N) is 3. The number of ether oxygens (including phenoxy) is 1. The Morgan fingerprint density at radius 1 is 0.914 bits per heavy atom. The molecule has 1 aliphatic heterocycles. The predicted octanol–water partition coefficient (Wildman–Crippen LogP) is 3.94. The minimum absolute atomic E-state index is 0.0385. The molecule has 0 unspecified atom stereocenters. The molecule has 1 fully saturated rings. The molecule has 8 heteroatoms. The van der Waals surface area contributed by atoms with Gasteiger partial charge in [-0.1, -0.05) is 48.0 Å². The lowest BCUT2D eigenvalue weighted by molar-refractivity contribution is -0.133. The summed E-state index contributed by atoms with van der Waals surface area (Å²) in [7, 11) is 0. The quantitative estimate of drug-likeness (QED) is 0.426. The van der Waals surface area contributed by atoms with Crippen molar-refractivity contribution in [3.05, 3.63) is 94.9 Å². The SMILES string of the molecule is O=C(CN(CCN1CCOCC1)C(=O)c1cccc(Cl)c1)N(Cc1ccccc1)Cc1ccco1. The van der Waals surface area contributed by atoms with Gasteiger partial charge < -0.3 is 19.0 Å². The van der Waals surface area contributed by atoms with Crippen LogP contribution in [0.5, 0.6) is 0 Å². The molecular weight excluding hydrogens is 466 g/mol. The van der Waals surface area contributed by atoms with Crippen molar-refractivity contribution in [3.8, 4) is 0 Å². The first-order chi connectivity index (χ1) is 17.1. The van der Waals surface area contributed by atoms with Gasteiger partial charge in [-0.15, -0.1) is 0 Å². The highest BCUT2D eigenvalue weighted by atomic mass is 35.5. The maximum atomic E-state index is 13.6. The van der Waals surface area contributed by atoms with Crippen LogP contribution in [0.3, 0.4) is 0 Å². The number of rotatable bonds is 10. The van der Waals surface area contributed by atoms with Crippen molar-refractivity contribution < 1.29 is 18.7 Å². The number of morpholine rings is 1. The van der Waals surface area contributed by atoms with Crippen molar-refractivity contribution >= 4 is 23.4 Å². The van der Waals surface area contributed by atoms with E-state index in [0.29, 0.717) is 55.7 Å². The van der Waals surface area contributed by atoms with Crippen LogP contribution >= 0.6 is 11.6 Å². The molecule has 0 saturated carbocycles. The number of furan rings is 1. The second-order valence-corrected chi connectivity index (χ2v) is 8.94. The van der Waals surface area contributed by atoms with Crippen molar-refractivity contribution in [3.63, 3.8) is 0 Å². The van der Waals surface area contributed by atoms with E-state index in [4.69, 9.17) is 20.8 Å². The maximum absolute atomic E-state index is 13.6. The molecule has 2 heterocycles. The normalized spacial score (nSPS) is 14.0. The van der Waals surface area contributed by atoms with E-state index in [2.05, 4.69) is 4.90 Å². The first kappa shape index (κ1) is 25.0. The predicted molar refractivity (Wildman–Crippen MR) is 134 cm³/mol. The van der Waals surface area contributed by atoms with Crippen molar-refractivity contribution in [2.45, 2.75) is 13.1 Å². The fourth-order valence-corrected chi connectivity index (χ4v) is 4.22. The number of hydrogen-bond acceptors (Lipinski definition) is 5. The molecule has 0 N–H and O–H groups in total. The Bertz CT molecular complexity index is 1080. The highest BCUT2D eigenvalue weighted by Gasteiger charge is 2.24. The summed E-state index contributed by atoms with van der Waals surface area (Å²) < 4.78 is 10.9. The number of halogens is 1. The largest absolute Gasteiger partial charge is 0.467 e. The Labute approximate surface area is 210 Å². The maximum Gasteiger partial charge on any atom is 0.254 e. The third-order valence-corrected chi connectivity index (χ3v) is 6.21. The summed E-state index contributed by atoms with van der Waals surface area (Å²) in [6, 6.07) is 20.3. The molecular formula is C27H30ClN3O4. The first-order valence-electron chi connectivity index (χ1n) is 11.8. The van der Waals surface area contributed by atoms with Gasteiger partial charge in [0.25, 0.3) is 5.91 Å². The van der Waals surface area contributed by atoms with Gasteiger partial charge in [0.1, 0.15) is 12.3 Å². The zero-order chi connectivity index (χ0) is 24.5. The summed E-state index contributed by atoms with van der Waals surface area (Å²) >= 11 is 6.14. The Kier molecular flexibility index (Phi) is 8.95. The first-order valence-corrected chi connectivity index (χ1v) is 12.2. The van der Waals surface area contributed by atoms with E-state index in [1.807, 2.05) is 36.4 Å². The van der Waals surface area contributed by atoms with Gasteiger partial charge in [-0.25, -0.2) is 0 Å². The monoisotopic (exact) mass is 495 g/mol. The van der Waals surface area contributed by atoms with Crippen molar-refractivity contribution in [1.29, 1.82) is 0 Å². The number of benzene rings is 2. The number of amides is 2. The van der Waals surface area contributed by atoms with E-state index < -0.39 is 0 Å². The van der Waals surface area contributed by atoms with Gasteiger partial charge >= 0.3 is 0 Å². The molecule has 3 aromatic rings. The van der Waals surface area contributed by atoms with E-state index in [1.54, 1.807) is 46.4 Å². The molecule has 1 aliphatic rings. The number of carbonyl (C=O) groups excluding carboxylic acids is 2. The lowest BCUT2D eigenvalue weighted by atomic mass is 10.2. The Balaban J connectivity index is 1.51. The number of carbonyl (C=O) groups is 2. The standard InChI is InChI=1S/C27H30ClN3O4/c28-24-9-4-8-23(18-24)27(33)30(12-11-29-13-16-34-17-14-29)21-26(32)31(20-25-10-5-15-35-25)19-22-6-2-1-3-7-22/h1-10,15,18H,11-14,16-17,19-21H2. The molecule has 0 spiro atoms. The zero-order valence-corrected chi connectivity index (χ0v) is 20.4. The Hall–Kier alpha value is -3.13. The third-order valence-electron chi connectivity index (χ3n) is 5.97. The van der Waals surface area contributed by atoms with E-state index in [1.165, 1.54) is 0 Å². The fourth-order valence-electron chi connectivity index (χ4n) is 4.03. The smallest absolute Gasteiger partial charge is 0.254 e. The van der Waals surface area contributed by atoms with Crippen LogP contribution in [-0.4, -0.2) is 72.5 Å². The van der Waals surface area contributed by atoms with Crippen molar-refractivity contribution in [2.75, 3.05) is 45.9 Å². The highest BCUT2D eigenvalue weighted by Crippen LogP contribution is 2.15. The molecule has 184 valence electrons. The average Bonchev–Trinajstić information content (AvgIpc) is 3.40. The topological polar surface area (TPSA) is 66.2 Å². The fraction of sp³-hybridized carbons (Fsp3) is 0.333. The second-order valence-electron chi connectivity index (χ2n) is 8.51. The summed E-state index contributed by atoms with van der Waals surface area (Å²) in [4.78, 5) is 32.6. The van der Waals surface area contributed by atoms with Crippen LogP contribution in [0.25, 0.3) is 0 Å². The highest BCUT2D eigenvalue weighted by molar-refractivity contribution is 6.31. The van der Waals surface area contributed by atoms with Crippen LogP contribution in [0.4, 0.5) is 0 Å². The van der Waals surface area contributed by atoms with Crippen LogP contribution in [0.15, 0.2) is 77.4 Å². The molecule has 4 rings (SSSR count). The average molecular weight is 496 g/mol. The molecule has 0 radical (unpaired) electrons. The van der Waals surface area contributed by atoms with Gasteiger partial charge in [-0.2, -0.15) is 0 Å². The van der Waals surface area contributed by atoms with E-state index in [9.17, 15) is 9.59 Å². The minimum atomic E-state index is -0.216. The second kappa shape index (κ2) is 12.5. The van der Waals surface area contributed by atoms with Gasteiger partial charge in [0.2, 0.25) is 5.91 Å². The molecule has 1 saturated heterocycles. The molecule has 0 bridgehead atoms. The summed E-state index contributed by atoms with van der Waals surface area (Å²) in [5.41, 5.74) is 1.47. The van der Waals surface area contributed by atoms with E-state index in [-0.39, 0.29) is 18.4 Å².